The van der Waals surface area contributed by atoms with E-state index in [1.165, 1.54) is 116 Å². The molecule has 0 heterocycles. The summed E-state index contributed by atoms with van der Waals surface area (Å²) in [7, 11) is 0. The highest BCUT2D eigenvalue weighted by atomic mass is 14.4. The van der Waals surface area contributed by atoms with Gasteiger partial charge in [-0.15, -0.1) is 0 Å². The second-order valence-corrected chi connectivity index (χ2v) is 17.1. The highest BCUT2D eigenvalue weighted by Crippen LogP contribution is 2.57. The summed E-state index contributed by atoms with van der Waals surface area (Å²) < 4.78 is 0. The second kappa shape index (κ2) is 13.5. The van der Waals surface area contributed by atoms with E-state index in [1.54, 1.807) is 0 Å². The van der Waals surface area contributed by atoms with Crippen LogP contribution in [0.25, 0.3) is 66.4 Å². The normalized spacial score (nSPS) is 16.4. The van der Waals surface area contributed by atoms with Gasteiger partial charge in [0.1, 0.15) is 0 Å². The molecular weight excluding hydrogens is 733 g/mol. The number of fused-ring (bicyclic) bond motifs is 10. The lowest BCUT2D eigenvalue weighted by Crippen LogP contribution is -2.03. The highest BCUT2D eigenvalue weighted by Gasteiger charge is 2.37. The van der Waals surface area contributed by atoms with E-state index < -0.39 is 0 Å². The highest BCUT2D eigenvalue weighted by molar-refractivity contribution is 5.95. The van der Waals surface area contributed by atoms with Crippen LogP contribution in [0.3, 0.4) is 0 Å². The maximum atomic E-state index is 2.59. The molecule has 3 unspecified atom stereocenters. The average molecular weight is 773 g/mol. The first-order chi connectivity index (χ1) is 30.3. The number of hydrogen-bond acceptors (Lipinski definition) is 0. The molecule has 0 aromatic heterocycles. The second-order valence-electron chi connectivity index (χ2n) is 17.1. The lowest BCUT2D eigenvalue weighted by atomic mass is 9.83. The molecule has 0 N–H and O–H groups in total. The zero-order valence-electron chi connectivity index (χ0n) is 33.6. The summed E-state index contributed by atoms with van der Waals surface area (Å²) in [6.45, 7) is 0. The van der Waals surface area contributed by atoms with Gasteiger partial charge in [0.15, 0.2) is 0 Å². The monoisotopic (exact) mass is 772 g/mol. The van der Waals surface area contributed by atoms with Crippen molar-refractivity contribution in [2.45, 2.75) is 17.8 Å². The Kier molecular flexibility index (Phi) is 7.60. The van der Waals surface area contributed by atoms with Crippen molar-refractivity contribution in [2.24, 2.45) is 0 Å². The maximum Gasteiger partial charge on any atom is 0.0358 e. The Balaban J connectivity index is 0.986. The summed E-state index contributed by atoms with van der Waals surface area (Å²) in [5.41, 5.74) is 25.4. The molecule has 0 spiro atoms. The standard InChI is InChI=1S/C61H40/c1-3-14-38(15-4-1)39-26-28-42(29-27-39)60-50-24-12-10-22-47(50)55-36-56-54-35-44(31-33-52(54)61(58(56)37-57(55)60)48-25-13-19-40-16-7-8-20-45(40)48)43-30-32-51-53(34-43)46-21-9-11-23-49(46)59(51)41-17-5-2-6-18-41/h1-37,59-61H. The third-order valence-electron chi connectivity index (χ3n) is 13.9. The lowest BCUT2D eigenvalue weighted by Gasteiger charge is -2.20. The SMILES string of the molecule is c1ccc(-c2ccc(C3c4ccccc4-c4cc5c(cc43)C(c3cccc4ccccc34)c3ccc(-c4ccc6c(c4)-c4ccccc4C6c4ccccc4)cc3-5)cc2)cc1. The van der Waals surface area contributed by atoms with Crippen molar-refractivity contribution in [3.8, 4) is 55.6 Å². The minimum Gasteiger partial charge on any atom is -0.0622 e. The first kappa shape index (κ1) is 34.3. The molecule has 10 aromatic rings. The van der Waals surface area contributed by atoms with E-state index in [4.69, 9.17) is 0 Å². The van der Waals surface area contributed by atoms with Crippen LogP contribution in [-0.2, 0) is 0 Å². The van der Waals surface area contributed by atoms with Gasteiger partial charge in [0.2, 0.25) is 0 Å². The van der Waals surface area contributed by atoms with Crippen LogP contribution in [0.5, 0.6) is 0 Å². The summed E-state index contributed by atoms with van der Waals surface area (Å²) in [6, 6.07) is 84.5. The molecule has 0 bridgehead atoms. The first-order valence-electron chi connectivity index (χ1n) is 21.6. The van der Waals surface area contributed by atoms with Crippen LogP contribution < -0.4 is 0 Å². The van der Waals surface area contributed by atoms with Crippen molar-refractivity contribution in [1.29, 1.82) is 0 Å². The summed E-state index contributed by atoms with van der Waals surface area (Å²) in [4.78, 5) is 0. The number of rotatable bonds is 5. The zero-order chi connectivity index (χ0) is 40.0. The van der Waals surface area contributed by atoms with E-state index in [2.05, 4.69) is 224 Å². The molecule has 0 radical (unpaired) electrons. The molecule has 0 nitrogen and oxygen atoms in total. The van der Waals surface area contributed by atoms with E-state index in [0.717, 1.165) is 0 Å². The van der Waals surface area contributed by atoms with E-state index >= 15 is 0 Å². The Labute approximate surface area is 357 Å². The molecular formula is C61H40. The Morgan fingerprint density at radius 3 is 1.38 bits per heavy atom. The van der Waals surface area contributed by atoms with Crippen molar-refractivity contribution in [3.05, 3.63) is 275 Å². The first-order valence-corrected chi connectivity index (χ1v) is 21.6. The van der Waals surface area contributed by atoms with Gasteiger partial charge < -0.3 is 0 Å². The lowest BCUT2D eigenvalue weighted by molar-refractivity contribution is 0.987. The van der Waals surface area contributed by atoms with Crippen LogP contribution in [-0.4, -0.2) is 0 Å². The summed E-state index contributed by atoms with van der Waals surface area (Å²) in [5, 5.41) is 2.60. The van der Waals surface area contributed by atoms with Gasteiger partial charge in [0, 0.05) is 17.8 Å². The molecule has 61 heavy (non-hydrogen) atoms. The van der Waals surface area contributed by atoms with E-state index in [-0.39, 0.29) is 17.8 Å². The van der Waals surface area contributed by atoms with Crippen molar-refractivity contribution in [3.63, 3.8) is 0 Å². The number of benzene rings is 10. The molecule has 3 aliphatic rings. The fourth-order valence-corrected chi connectivity index (χ4v) is 11.2. The molecule has 0 saturated carbocycles. The fourth-order valence-electron chi connectivity index (χ4n) is 11.2. The predicted molar refractivity (Wildman–Crippen MR) is 253 cm³/mol. The molecule has 13 rings (SSSR count). The van der Waals surface area contributed by atoms with Gasteiger partial charge in [-0.25, -0.2) is 0 Å². The third kappa shape index (κ3) is 5.25. The Morgan fingerprint density at radius 1 is 0.213 bits per heavy atom. The van der Waals surface area contributed by atoms with Crippen LogP contribution in [0.4, 0.5) is 0 Å². The molecule has 3 atom stereocenters. The quantitative estimate of drug-likeness (QED) is 0.163. The minimum atomic E-state index is 0.110. The molecule has 0 heteroatoms. The van der Waals surface area contributed by atoms with Crippen LogP contribution in [0, 0.1) is 0 Å². The van der Waals surface area contributed by atoms with Crippen molar-refractivity contribution < 1.29 is 0 Å². The van der Waals surface area contributed by atoms with Gasteiger partial charge in [-0.1, -0.05) is 206 Å². The summed E-state index contributed by atoms with van der Waals surface area (Å²) in [5.74, 6) is 0.506. The average Bonchev–Trinajstić information content (AvgIpc) is 3.96. The predicted octanol–water partition coefficient (Wildman–Crippen LogP) is 15.7. The van der Waals surface area contributed by atoms with Crippen LogP contribution >= 0.6 is 0 Å². The van der Waals surface area contributed by atoms with E-state index in [0.29, 0.717) is 0 Å². The fraction of sp³-hybridized carbons (Fsp3) is 0.0492. The molecule has 10 aromatic carbocycles. The van der Waals surface area contributed by atoms with E-state index in [1.807, 2.05) is 0 Å². The minimum absolute atomic E-state index is 0.110. The zero-order valence-corrected chi connectivity index (χ0v) is 33.6. The largest absolute Gasteiger partial charge is 0.0622 e. The van der Waals surface area contributed by atoms with Gasteiger partial charge in [-0.2, -0.15) is 0 Å². The Bertz CT molecular complexity index is 3350. The van der Waals surface area contributed by atoms with Crippen LogP contribution in [0.15, 0.2) is 224 Å². The summed E-state index contributed by atoms with van der Waals surface area (Å²) >= 11 is 0. The van der Waals surface area contributed by atoms with Gasteiger partial charge in [-0.3, -0.25) is 0 Å². The Morgan fingerprint density at radius 2 is 0.656 bits per heavy atom. The topological polar surface area (TPSA) is 0 Å². The molecule has 284 valence electrons. The smallest absolute Gasteiger partial charge is 0.0358 e. The maximum absolute atomic E-state index is 2.59. The molecule has 0 fully saturated rings. The van der Waals surface area contributed by atoms with E-state index in [9.17, 15) is 0 Å². The van der Waals surface area contributed by atoms with Gasteiger partial charge in [0.25, 0.3) is 0 Å². The number of hydrogen-bond donors (Lipinski definition) is 0. The van der Waals surface area contributed by atoms with Gasteiger partial charge >= 0.3 is 0 Å². The van der Waals surface area contributed by atoms with Crippen molar-refractivity contribution >= 4 is 10.8 Å². The molecule has 3 aliphatic carbocycles. The van der Waals surface area contributed by atoms with Gasteiger partial charge in [0.05, 0.1) is 0 Å². The van der Waals surface area contributed by atoms with Crippen molar-refractivity contribution in [1.82, 2.24) is 0 Å². The third-order valence-corrected chi connectivity index (χ3v) is 13.9. The molecule has 0 saturated heterocycles. The van der Waals surface area contributed by atoms with Crippen molar-refractivity contribution in [2.75, 3.05) is 0 Å². The van der Waals surface area contributed by atoms with Gasteiger partial charge in [-0.05, 0) is 135 Å². The Hall–Kier alpha value is -7.54. The van der Waals surface area contributed by atoms with Crippen LogP contribution in [0.2, 0.25) is 0 Å². The molecule has 0 amide bonds. The molecule has 0 aliphatic heterocycles. The summed E-state index contributed by atoms with van der Waals surface area (Å²) in [6.07, 6.45) is 0. The van der Waals surface area contributed by atoms with Crippen LogP contribution in [0.1, 0.15) is 67.8 Å².